The predicted octanol–water partition coefficient (Wildman–Crippen LogP) is 1.69. The Kier molecular flexibility index (Phi) is 4.42. The molecule has 0 saturated heterocycles. The molecule has 2 aromatic rings. The lowest BCUT2D eigenvalue weighted by Crippen LogP contribution is -2.40. The van der Waals surface area contributed by atoms with Crippen molar-refractivity contribution in [1.29, 1.82) is 5.26 Å². The highest BCUT2D eigenvalue weighted by atomic mass is 16.2. The van der Waals surface area contributed by atoms with E-state index in [2.05, 4.69) is 5.32 Å². The lowest BCUT2D eigenvalue weighted by atomic mass is 10.2. The summed E-state index contributed by atoms with van der Waals surface area (Å²) in [5.74, 6) is -0.248. The Morgan fingerprint density at radius 1 is 1.24 bits per heavy atom. The smallest absolute Gasteiger partial charge is 0.290 e. The Labute approximate surface area is 122 Å². The first-order valence-corrected chi connectivity index (χ1v) is 6.38. The minimum absolute atomic E-state index is 0.0446. The van der Waals surface area contributed by atoms with E-state index in [4.69, 9.17) is 5.26 Å². The van der Waals surface area contributed by atoms with Crippen LogP contribution in [0.5, 0.6) is 0 Å². The van der Waals surface area contributed by atoms with E-state index in [1.807, 2.05) is 6.07 Å². The van der Waals surface area contributed by atoms with Crippen molar-refractivity contribution in [3.8, 4) is 6.07 Å². The number of hydrogen-bond donors (Lipinski definition) is 1. The van der Waals surface area contributed by atoms with Gasteiger partial charge in [-0.3, -0.25) is 9.59 Å². The highest BCUT2D eigenvalue weighted by molar-refractivity contribution is 5.93. The number of carbonyl (C=O) groups excluding carboxylic acids is 2. The van der Waals surface area contributed by atoms with Gasteiger partial charge in [0.05, 0.1) is 17.2 Å². The lowest BCUT2D eigenvalue weighted by Gasteiger charge is -2.03. The van der Waals surface area contributed by atoms with E-state index in [1.54, 1.807) is 53.4 Å². The van der Waals surface area contributed by atoms with Gasteiger partial charge in [0.1, 0.15) is 0 Å². The number of nitriles is 1. The summed E-state index contributed by atoms with van der Waals surface area (Å²) in [7, 11) is 0. The molecule has 0 aliphatic carbocycles. The number of pyridine rings is 1. The van der Waals surface area contributed by atoms with Crippen molar-refractivity contribution in [3.63, 3.8) is 0 Å². The van der Waals surface area contributed by atoms with Gasteiger partial charge in [0.2, 0.25) is 6.54 Å². The number of amides is 1. The Bertz CT molecular complexity index is 715. The van der Waals surface area contributed by atoms with Gasteiger partial charge in [-0.15, -0.1) is 0 Å². The third-order valence-corrected chi connectivity index (χ3v) is 2.89. The quantitative estimate of drug-likeness (QED) is 0.684. The van der Waals surface area contributed by atoms with Crippen LogP contribution in [0.15, 0.2) is 48.8 Å². The Morgan fingerprint density at radius 2 is 1.95 bits per heavy atom. The number of rotatable bonds is 4. The molecule has 0 saturated carbocycles. The second-order valence-corrected chi connectivity index (χ2v) is 4.56. The molecule has 2 rings (SSSR count). The molecule has 1 amide bonds. The Balaban J connectivity index is 2.02. The van der Waals surface area contributed by atoms with Gasteiger partial charge in [0.25, 0.3) is 5.91 Å². The van der Waals surface area contributed by atoms with Gasteiger partial charge in [0.15, 0.2) is 18.2 Å². The summed E-state index contributed by atoms with van der Waals surface area (Å²) in [6.45, 7) is 1.59. The zero-order chi connectivity index (χ0) is 15.2. The van der Waals surface area contributed by atoms with Crippen molar-refractivity contribution in [2.75, 3.05) is 5.32 Å². The zero-order valence-corrected chi connectivity index (χ0v) is 11.5. The van der Waals surface area contributed by atoms with E-state index < -0.39 is 0 Å². The summed E-state index contributed by atoms with van der Waals surface area (Å²) in [5.41, 5.74) is 1.72. The first-order valence-electron chi connectivity index (χ1n) is 6.38. The van der Waals surface area contributed by atoms with Gasteiger partial charge >= 0.3 is 0 Å². The number of ketones is 1. The van der Waals surface area contributed by atoms with Gasteiger partial charge in [0, 0.05) is 11.8 Å². The molecule has 0 atom stereocenters. The standard InChI is InChI=1S/C16H13N3O2/c1-12(20)14-3-2-8-19(10-14)11-16(21)18-15-6-4-13(9-17)5-7-15/h2-8,10H,11H2,1H3/p+1. The summed E-state index contributed by atoms with van der Waals surface area (Å²) in [5, 5.41) is 11.4. The fourth-order valence-electron chi connectivity index (χ4n) is 1.82. The molecular weight excluding hydrogens is 266 g/mol. The number of aromatic nitrogens is 1. The van der Waals surface area contributed by atoms with Crippen LogP contribution in [0.3, 0.4) is 0 Å². The van der Waals surface area contributed by atoms with Crippen molar-refractivity contribution in [2.24, 2.45) is 0 Å². The Morgan fingerprint density at radius 3 is 2.57 bits per heavy atom. The molecule has 1 aromatic carbocycles. The van der Waals surface area contributed by atoms with Gasteiger partial charge < -0.3 is 5.32 Å². The molecule has 104 valence electrons. The molecule has 0 fully saturated rings. The molecule has 5 heteroatoms. The lowest BCUT2D eigenvalue weighted by molar-refractivity contribution is -0.684. The van der Waals surface area contributed by atoms with E-state index in [-0.39, 0.29) is 18.2 Å². The number of nitrogens with zero attached hydrogens (tertiary/aromatic N) is 2. The molecule has 21 heavy (non-hydrogen) atoms. The van der Waals surface area contributed by atoms with Crippen molar-refractivity contribution in [1.82, 2.24) is 0 Å². The van der Waals surface area contributed by atoms with Gasteiger partial charge in [-0.1, -0.05) is 0 Å². The number of benzene rings is 1. The minimum atomic E-state index is -0.203. The average molecular weight is 280 g/mol. The summed E-state index contributed by atoms with van der Waals surface area (Å²) in [6, 6.07) is 12.1. The summed E-state index contributed by atoms with van der Waals surface area (Å²) < 4.78 is 1.65. The molecule has 1 N–H and O–H groups in total. The van der Waals surface area contributed by atoms with Crippen LogP contribution in [0.25, 0.3) is 0 Å². The second-order valence-electron chi connectivity index (χ2n) is 4.56. The molecule has 0 aliphatic heterocycles. The van der Waals surface area contributed by atoms with Gasteiger partial charge in [-0.25, -0.2) is 0 Å². The first kappa shape index (κ1) is 14.4. The fraction of sp³-hybridized carbons (Fsp3) is 0.125. The second kappa shape index (κ2) is 6.44. The number of nitrogens with one attached hydrogen (secondary N) is 1. The van der Waals surface area contributed by atoms with Crippen LogP contribution in [0, 0.1) is 11.3 Å². The maximum atomic E-state index is 11.9. The van der Waals surface area contributed by atoms with Gasteiger partial charge in [-0.05, 0) is 37.3 Å². The van der Waals surface area contributed by atoms with E-state index in [1.165, 1.54) is 6.92 Å². The van der Waals surface area contributed by atoms with E-state index in [0.29, 0.717) is 16.8 Å². The molecule has 0 unspecified atom stereocenters. The summed E-state index contributed by atoms with van der Waals surface area (Å²) in [6.07, 6.45) is 3.37. The van der Waals surface area contributed by atoms with Crippen molar-refractivity contribution in [3.05, 3.63) is 59.9 Å². The highest BCUT2D eigenvalue weighted by Crippen LogP contribution is 2.08. The number of hydrogen-bond acceptors (Lipinski definition) is 3. The molecule has 0 bridgehead atoms. The predicted molar refractivity (Wildman–Crippen MR) is 76.4 cm³/mol. The zero-order valence-electron chi connectivity index (χ0n) is 11.5. The molecule has 1 heterocycles. The van der Waals surface area contributed by atoms with Crippen LogP contribution in [0.1, 0.15) is 22.8 Å². The first-order chi connectivity index (χ1) is 10.1. The molecular formula is C16H14N3O2+. The third-order valence-electron chi connectivity index (χ3n) is 2.89. The summed E-state index contributed by atoms with van der Waals surface area (Å²) >= 11 is 0. The van der Waals surface area contributed by atoms with E-state index >= 15 is 0 Å². The third kappa shape index (κ3) is 3.98. The molecule has 1 aromatic heterocycles. The molecule has 5 nitrogen and oxygen atoms in total. The van der Waals surface area contributed by atoms with Crippen LogP contribution in [-0.4, -0.2) is 11.7 Å². The van der Waals surface area contributed by atoms with Crippen LogP contribution >= 0.6 is 0 Å². The van der Waals surface area contributed by atoms with Crippen LogP contribution in [0.4, 0.5) is 5.69 Å². The normalized spacial score (nSPS) is 9.71. The maximum Gasteiger partial charge on any atom is 0.290 e. The number of carbonyl (C=O) groups is 2. The number of Topliss-reactive ketones (excluding diaryl/α,β-unsaturated/α-hetero) is 1. The van der Waals surface area contributed by atoms with Crippen LogP contribution < -0.4 is 9.88 Å². The van der Waals surface area contributed by atoms with Crippen LogP contribution in [-0.2, 0) is 11.3 Å². The average Bonchev–Trinajstić information content (AvgIpc) is 2.48. The maximum absolute atomic E-state index is 11.9. The minimum Gasteiger partial charge on any atom is -0.321 e. The van der Waals surface area contributed by atoms with Gasteiger partial charge in [-0.2, -0.15) is 9.83 Å². The van der Waals surface area contributed by atoms with Crippen LogP contribution in [0.2, 0.25) is 0 Å². The Hall–Kier alpha value is -3.00. The number of anilines is 1. The van der Waals surface area contributed by atoms with E-state index in [0.717, 1.165) is 0 Å². The van der Waals surface area contributed by atoms with Crippen molar-refractivity contribution >= 4 is 17.4 Å². The SMILES string of the molecule is CC(=O)c1ccc[n+](CC(=O)Nc2ccc(C#N)cc2)c1. The largest absolute Gasteiger partial charge is 0.321 e. The highest BCUT2D eigenvalue weighted by Gasteiger charge is 2.11. The van der Waals surface area contributed by atoms with E-state index in [9.17, 15) is 9.59 Å². The molecule has 0 aliphatic rings. The topological polar surface area (TPSA) is 73.8 Å². The van der Waals surface area contributed by atoms with Crippen molar-refractivity contribution in [2.45, 2.75) is 13.5 Å². The molecule has 0 radical (unpaired) electrons. The fourth-order valence-corrected chi connectivity index (χ4v) is 1.82. The molecule has 0 spiro atoms. The van der Waals surface area contributed by atoms with Crippen molar-refractivity contribution < 1.29 is 14.2 Å². The summed E-state index contributed by atoms with van der Waals surface area (Å²) in [4.78, 5) is 23.2. The monoisotopic (exact) mass is 280 g/mol.